The van der Waals surface area contributed by atoms with E-state index in [4.69, 9.17) is 4.74 Å². The fraction of sp³-hybridized carbons (Fsp3) is 0.600. The second kappa shape index (κ2) is 6.30. The van der Waals surface area contributed by atoms with Crippen LogP contribution >= 0.6 is 0 Å². The minimum absolute atomic E-state index is 0.162. The molecule has 1 heterocycles. The Morgan fingerprint density at radius 2 is 2.11 bits per heavy atom. The zero-order valence-electron chi connectivity index (χ0n) is 11.0. The zero-order chi connectivity index (χ0) is 12.8. The van der Waals surface area contributed by atoms with Crippen molar-refractivity contribution in [3.8, 4) is 0 Å². The predicted octanol–water partition coefficient (Wildman–Crippen LogP) is 2.77. The normalized spacial score (nSPS) is 23.4. The molecule has 1 aromatic rings. The van der Waals surface area contributed by atoms with Gasteiger partial charge in [0.05, 0.1) is 6.61 Å². The van der Waals surface area contributed by atoms with Crippen LogP contribution < -0.4 is 5.32 Å². The van der Waals surface area contributed by atoms with Crippen LogP contribution in [0.3, 0.4) is 0 Å². The summed E-state index contributed by atoms with van der Waals surface area (Å²) < 4.78 is 18.5. The molecule has 1 aliphatic heterocycles. The van der Waals surface area contributed by atoms with Gasteiger partial charge < -0.3 is 10.1 Å². The molecule has 0 bridgehead atoms. The highest BCUT2D eigenvalue weighted by Crippen LogP contribution is 2.31. The van der Waals surface area contributed by atoms with E-state index in [0.717, 1.165) is 39.1 Å². The summed E-state index contributed by atoms with van der Waals surface area (Å²) in [7, 11) is 0. The molecule has 0 aliphatic carbocycles. The largest absolute Gasteiger partial charge is 0.381 e. The van der Waals surface area contributed by atoms with Gasteiger partial charge in [0.15, 0.2) is 0 Å². The smallest absolute Gasteiger partial charge is 0.123 e. The molecule has 0 aromatic heterocycles. The van der Waals surface area contributed by atoms with Crippen LogP contribution in [-0.2, 0) is 11.2 Å². The molecule has 1 atom stereocenters. The maximum Gasteiger partial charge on any atom is 0.123 e. The molecule has 0 spiro atoms. The van der Waals surface area contributed by atoms with Gasteiger partial charge in [-0.2, -0.15) is 0 Å². The highest BCUT2D eigenvalue weighted by molar-refractivity contribution is 5.16. The van der Waals surface area contributed by atoms with E-state index in [1.807, 2.05) is 19.1 Å². The van der Waals surface area contributed by atoms with Gasteiger partial charge >= 0.3 is 0 Å². The lowest BCUT2D eigenvalue weighted by Crippen LogP contribution is -2.30. The van der Waals surface area contributed by atoms with Crippen molar-refractivity contribution in [3.63, 3.8) is 0 Å². The lowest BCUT2D eigenvalue weighted by molar-refractivity contribution is 0.0563. The molecule has 1 unspecified atom stereocenters. The Bertz CT molecular complexity index is 357. The SMILES string of the molecule is CCOCC1(CCc2ccc(F)cc2)CCNC1. The van der Waals surface area contributed by atoms with Gasteiger partial charge in [0, 0.05) is 18.6 Å². The number of hydrogen-bond donors (Lipinski definition) is 1. The minimum Gasteiger partial charge on any atom is -0.381 e. The maximum absolute atomic E-state index is 12.8. The summed E-state index contributed by atoms with van der Waals surface area (Å²) in [5.74, 6) is -0.162. The third kappa shape index (κ3) is 3.53. The lowest BCUT2D eigenvalue weighted by atomic mass is 9.82. The first-order chi connectivity index (χ1) is 8.74. The number of nitrogens with one attached hydrogen (secondary N) is 1. The van der Waals surface area contributed by atoms with Crippen LogP contribution in [0.2, 0.25) is 0 Å². The number of halogens is 1. The van der Waals surface area contributed by atoms with Crippen molar-refractivity contribution in [1.29, 1.82) is 0 Å². The number of hydrogen-bond acceptors (Lipinski definition) is 2. The molecular formula is C15H22FNO. The highest BCUT2D eigenvalue weighted by Gasteiger charge is 2.33. The Morgan fingerprint density at radius 1 is 1.33 bits per heavy atom. The van der Waals surface area contributed by atoms with E-state index in [1.54, 1.807) is 0 Å². The van der Waals surface area contributed by atoms with Crippen molar-refractivity contribution < 1.29 is 9.13 Å². The number of ether oxygens (including phenoxy) is 1. The van der Waals surface area contributed by atoms with E-state index in [0.29, 0.717) is 0 Å². The molecular weight excluding hydrogens is 229 g/mol. The molecule has 1 fully saturated rings. The van der Waals surface area contributed by atoms with E-state index in [9.17, 15) is 4.39 Å². The molecule has 1 aliphatic rings. The lowest BCUT2D eigenvalue weighted by Gasteiger charge is -2.27. The predicted molar refractivity (Wildman–Crippen MR) is 71.1 cm³/mol. The first kappa shape index (κ1) is 13.5. The Morgan fingerprint density at radius 3 is 2.72 bits per heavy atom. The summed E-state index contributed by atoms with van der Waals surface area (Å²) in [5.41, 5.74) is 1.48. The van der Waals surface area contributed by atoms with Crippen molar-refractivity contribution in [2.24, 2.45) is 5.41 Å². The van der Waals surface area contributed by atoms with Crippen molar-refractivity contribution in [2.45, 2.75) is 26.2 Å². The fourth-order valence-corrected chi connectivity index (χ4v) is 2.58. The standard InChI is InChI=1S/C15H22FNO/c1-2-18-12-15(9-10-17-11-15)8-7-13-3-5-14(16)6-4-13/h3-6,17H,2,7-12H2,1H3. The van der Waals surface area contributed by atoms with Gasteiger partial charge in [-0.1, -0.05) is 12.1 Å². The summed E-state index contributed by atoms with van der Waals surface area (Å²) in [6, 6.07) is 6.84. The molecule has 2 rings (SSSR count). The average Bonchev–Trinajstić information content (AvgIpc) is 2.85. The Hall–Kier alpha value is -0.930. The average molecular weight is 251 g/mol. The number of benzene rings is 1. The minimum atomic E-state index is -0.162. The Balaban J connectivity index is 1.91. The van der Waals surface area contributed by atoms with E-state index < -0.39 is 0 Å². The second-order valence-corrected chi connectivity index (χ2v) is 5.19. The van der Waals surface area contributed by atoms with Gasteiger partial charge in [0.2, 0.25) is 0 Å². The third-order valence-electron chi connectivity index (χ3n) is 3.80. The van der Waals surface area contributed by atoms with Crippen LogP contribution in [0.5, 0.6) is 0 Å². The molecule has 1 aromatic carbocycles. The summed E-state index contributed by atoms with van der Waals surface area (Å²) in [6.07, 6.45) is 3.27. The fourth-order valence-electron chi connectivity index (χ4n) is 2.58. The molecule has 0 saturated carbocycles. The second-order valence-electron chi connectivity index (χ2n) is 5.19. The van der Waals surface area contributed by atoms with E-state index in [2.05, 4.69) is 5.32 Å². The zero-order valence-corrected chi connectivity index (χ0v) is 11.0. The Labute approximate surface area is 109 Å². The van der Waals surface area contributed by atoms with Gasteiger partial charge in [-0.05, 0) is 50.4 Å². The first-order valence-electron chi connectivity index (χ1n) is 6.77. The quantitative estimate of drug-likeness (QED) is 0.839. The molecule has 2 nitrogen and oxygen atoms in total. The molecule has 18 heavy (non-hydrogen) atoms. The summed E-state index contributed by atoms with van der Waals surface area (Å²) in [4.78, 5) is 0. The van der Waals surface area contributed by atoms with Gasteiger partial charge in [-0.25, -0.2) is 4.39 Å². The molecule has 3 heteroatoms. The summed E-state index contributed by atoms with van der Waals surface area (Å²) >= 11 is 0. The van der Waals surface area contributed by atoms with Crippen LogP contribution in [0, 0.1) is 11.2 Å². The monoisotopic (exact) mass is 251 g/mol. The molecule has 100 valence electrons. The van der Waals surface area contributed by atoms with Crippen LogP contribution in [-0.4, -0.2) is 26.3 Å². The third-order valence-corrected chi connectivity index (χ3v) is 3.80. The van der Waals surface area contributed by atoms with Gasteiger partial charge in [-0.15, -0.1) is 0 Å². The Kier molecular flexibility index (Phi) is 4.72. The molecule has 1 N–H and O–H groups in total. The number of aryl methyl sites for hydroxylation is 1. The maximum atomic E-state index is 12.8. The van der Waals surface area contributed by atoms with Crippen molar-refractivity contribution >= 4 is 0 Å². The summed E-state index contributed by atoms with van der Waals surface area (Å²) in [6.45, 7) is 5.76. The molecule has 0 radical (unpaired) electrons. The highest BCUT2D eigenvalue weighted by atomic mass is 19.1. The van der Waals surface area contributed by atoms with E-state index in [-0.39, 0.29) is 11.2 Å². The van der Waals surface area contributed by atoms with Crippen LogP contribution in [0.4, 0.5) is 4.39 Å². The topological polar surface area (TPSA) is 21.3 Å². The van der Waals surface area contributed by atoms with Crippen molar-refractivity contribution in [2.75, 3.05) is 26.3 Å². The van der Waals surface area contributed by atoms with Gasteiger partial charge in [0.1, 0.15) is 5.82 Å². The van der Waals surface area contributed by atoms with Crippen molar-refractivity contribution in [1.82, 2.24) is 5.32 Å². The van der Waals surface area contributed by atoms with Crippen LogP contribution in [0.15, 0.2) is 24.3 Å². The van der Waals surface area contributed by atoms with E-state index in [1.165, 1.54) is 24.1 Å². The van der Waals surface area contributed by atoms with Gasteiger partial charge in [0.25, 0.3) is 0 Å². The molecule has 0 amide bonds. The van der Waals surface area contributed by atoms with Crippen LogP contribution in [0.1, 0.15) is 25.3 Å². The van der Waals surface area contributed by atoms with Crippen molar-refractivity contribution in [3.05, 3.63) is 35.6 Å². The van der Waals surface area contributed by atoms with Gasteiger partial charge in [-0.3, -0.25) is 0 Å². The first-order valence-corrected chi connectivity index (χ1v) is 6.77. The molecule has 1 saturated heterocycles. The van der Waals surface area contributed by atoms with E-state index >= 15 is 0 Å². The number of rotatable bonds is 6. The van der Waals surface area contributed by atoms with Crippen LogP contribution in [0.25, 0.3) is 0 Å². The summed E-state index contributed by atoms with van der Waals surface area (Å²) in [5, 5.41) is 3.43.